The molecule has 0 radical (unpaired) electrons. The number of rotatable bonds is 9. The fourth-order valence-electron chi connectivity index (χ4n) is 1.92. The largest absolute Gasteiger partial charge is 0.396 e. The molecule has 1 heterocycles. The third-order valence-electron chi connectivity index (χ3n) is 2.69. The molecule has 3 atom stereocenters. The highest BCUT2D eigenvalue weighted by Crippen LogP contribution is 2.23. The topological polar surface area (TPSA) is 51.2 Å². The SMILES string of the molecule is CCO[Si](C)(CCCO)OC(C)CC1CO1. The molecule has 0 aromatic rings. The summed E-state index contributed by atoms with van der Waals surface area (Å²) in [7, 11) is -2.09. The van der Waals surface area contributed by atoms with E-state index >= 15 is 0 Å². The van der Waals surface area contributed by atoms with Gasteiger partial charge < -0.3 is 18.7 Å². The Balaban J connectivity index is 2.33. The molecular formula is C11H24O4Si. The normalized spacial score (nSPS) is 25.1. The van der Waals surface area contributed by atoms with E-state index in [1.807, 2.05) is 6.92 Å². The van der Waals surface area contributed by atoms with E-state index in [1.165, 1.54) is 0 Å². The number of aliphatic hydroxyl groups excluding tert-OH is 1. The van der Waals surface area contributed by atoms with Crippen molar-refractivity contribution >= 4 is 8.56 Å². The van der Waals surface area contributed by atoms with Crippen molar-refractivity contribution < 1.29 is 18.7 Å². The molecule has 96 valence electrons. The Hall–Kier alpha value is 0.0569. The predicted octanol–water partition coefficient (Wildman–Crippen LogP) is 1.67. The zero-order valence-corrected chi connectivity index (χ0v) is 11.6. The summed E-state index contributed by atoms with van der Waals surface area (Å²) >= 11 is 0. The van der Waals surface area contributed by atoms with E-state index in [0.29, 0.717) is 12.7 Å². The first-order valence-corrected chi connectivity index (χ1v) is 8.66. The molecule has 5 heteroatoms. The first-order valence-electron chi connectivity index (χ1n) is 6.14. The van der Waals surface area contributed by atoms with Gasteiger partial charge in [0.05, 0.1) is 12.7 Å². The quantitative estimate of drug-likeness (QED) is 0.498. The molecule has 1 aliphatic rings. The summed E-state index contributed by atoms with van der Waals surface area (Å²) in [5.74, 6) is 0. The smallest absolute Gasteiger partial charge is 0.335 e. The van der Waals surface area contributed by atoms with Gasteiger partial charge >= 0.3 is 8.56 Å². The Morgan fingerprint density at radius 2 is 2.25 bits per heavy atom. The molecule has 0 saturated carbocycles. The van der Waals surface area contributed by atoms with E-state index in [2.05, 4.69) is 13.5 Å². The minimum absolute atomic E-state index is 0.189. The molecule has 1 N–H and O–H groups in total. The summed E-state index contributed by atoms with van der Waals surface area (Å²) in [6, 6.07) is 0.854. The van der Waals surface area contributed by atoms with E-state index in [4.69, 9.17) is 18.7 Å². The fraction of sp³-hybridized carbons (Fsp3) is 1.00. The van der Waals surface area contributed by atoms with Gasteiger partial charge in [-0.25, -0.2) is 0 Å². The molecule has 1 saturated heterocycles. The Bertz CT molecular complexity index is 198. The number of ether oxygens (including phenoxy) is 1. The summed E-state index contributed by atoms with van der Waals surface area (Å²) in [5, 5.41) is 8.88. The second-order valence-electron chi connectivity index (χ2n) is 4.51. The average molecular weight is 248 g/mol. The molecule has 0 bridgehead atoms. The highest BCUT2D eigenvalue weighted by molar-refractivity contribution is 6.66. The van der Waals surface area contributed by atoms with Gasteiger partial charge in [-0.05, 0) is 32.9 Å². The van der Waals surface area contributed by atoms with Gasteiger partial charge in [0, 0.05) is 25.7 Å². The minimum atomic E-state index is -2.09. The van der Waals surface area contributed by atoms with Crippen LogP contribution in [0.15, 0.2) is 0 Å². The Morgan fingerprint density at radius 3 is 2.75 bits per heavy atom. The van der Waals surface area contributed by atoms with Crippen molar-refractivity contribution in [2.45, 2.75) is 51.5 Å². The second-order valence-corrected chi connectivity index (χ2v) is 7.81. The number of hydrogen-bond acceptors (Lipinski definition) is 4. The minimum Gasteiger partial charge on any atom is -0.396 e. The summed E-state index contributed by atoms with van der Waals surface area (Å²) in [5.41, 5.74) is 0. The van der Waals surface area contributed by atoms with Gasteiger partial charge in [-0.1, -0.05) is 0 Å². The van der Waals surface area contributed by atoms with Gasteiger partial charge in [-0.2, -0.15) is 0 Å². The average Bonchev–Trinajstić information content (AvgIpc) is 2.98. The lowest BCUT2D eigenvalue weighted by atomic mass is 10.2. The summed E-state index contributed by atoms with van der Waals surface area (Å²) in [6.45, 7) is 7.90. The van der Waals surface area contributed by atoms with E-state index in [-0.39, 0.29) is 12.7 Å². The predicted molar refractivity (Wildman–Crippen MR) is 64.7 cm³/mol. The third-order valence-corrected chi connectivity index (χ3v) is 5.75. The summed E-state index contributed by atoms with van der Waals surface area (Å²) in [6.07, 6.45) is 2.30. The lowest BCUT2D eigenvalue weighted by Crippen LogP contribution is -2.42. The van der Waals surface area contributed by atoms with Gasteiger partial charge in [0.2, 0.25) is 0 Å². The van der Waals surface area contributed by atoms with Crippen molar-refractivity contribution in [3.8, 4) is 0 Å². The van der Waals surface area contributed by atoms with Crippen LogP contribution in [0.25, 0.3) is 0 Å². The van der Waals surface area contributed by atoms with Gasteiger partial charge in [0.15, 0.2) is 0 Å². The van der Waals surface area contributed by atoms with Crippen LogP contribution in [0, 0.1) is 0 Å². The lowest BCUT2D eigenvalue weighted by Gasteiger charge is -2.29. The molecule has 0 aromatic carbocycles. The zero-order chi connectivity index (χ0) is 12.0. The van der Waals surface area contributed by atoms with Crippen LogP contribution in [-0.2, 0) is 13.6 Å². The number of epoxide rings is 1. The molecule has 1 rings (SSSR count). The number of aliphatic hydroxyl groups is 1. The van der Waals surface area contributed by atoms with E-state index < -0.39 is 8.56 Å². The summed E-state index contributed by atoms with van der Waals surface area (Å²) in [4.78, 5) is 0. The van der Waals surface area contributed by atoms with Crippen molar-refractivity contribution in [1.82, 2.24) is 0 Å². The first-order chi connectivity index (χ1) is 7.59. The molecule has 0 aromatic heterocycles. The molecular weight excluding hydrogens is 224 g/mol. The van der Waals surface area contributed by atoms with E-state index in [9.17, 15) is 0 Å². The second kappa shape index (κ2) is 6.71. The van der Waals surface area contributed by atoms with Crippen LogP contribution < -0.4 is 0 Å². The Kier molecular flexibility index (Phi) is 5.92. The third kappa shape index (κ3) is 5.40. The monoisotopic (exact) mass is 248 g/mol. The summed E-state index contributed by atoms with van der Waals surface area (Å²) < 4.78 is 17.0. The highest BCUT2D eigenvalue weighted by atomic mass is 28.4. The maximum Gasteiger partial charge on any atom is 0.335 e. The first kappa shape index (κ1) is 14.1. The van der Waals surface area contributed by atoms with Crippen molar-refractivity contribution in [2.24, 2.45) is 0 Å². The van der Waals surface area contributed by atoms with Crippen LogP contribution in [0.5, 0.6) is 0 Å². The molecule has 1 aliphatic heterocycles. The van der Waals surface area contributed by atoms with Crippen molar-refractivity contribution in [3.63, 3.8) is 0 Å². The van der Waals surface area contributed by atoms with Crippen LogP contribution in [0.3, 0.4) is 0 Å². The van der Waals surface area contributed by atoms with Crippen molar-refractivity contribution in [2.75, 3.05) is 19.8 Å². The number of hydrogen-bond donors (Lipinski definition) is 1. The standard InChI is InChI=1S/C11H24O4Si/c1-4-14-16(3,7-5-6-12)15-10(2)8-11-9-13-11/h10-12H,4-9H2,1-3H3. The van der Waals surface area contributed by atoms with Crippen LogP contribution in [0.2, 0.25) is 12.6 Å². The molecule has 16 heavy (non-hydrogen) atoms. The van der Waals surface area contributed by atoms with Gasteiger partial charge in [-0.3, -0.25) is 0 Å². The van der Waals surface area contributed by atoms with Crippen LogP contribution in [-0.4, -0.2) is 45.7 Å². The van der Waals surface area contributed by atoms with Gasteiger partial charge in [0.25, 0.3) is 0 Å². The van der Waals surface area contributed by atoms with Crippen LogP contribution in [0.4, 0.5) is 0 Å². The van der Waals surface area contributed by atoms with Crippen LogP contribution in [0.1, 0.15) is 26.7 Å². The molecule has 3 unspecified atom stereocenters. The molecule has 1 fully saturated rings. The maximum atomic E-state index is 8.88. The van der Waals surface area contributed by atoms with Crippen molar-refractivity contribution in [1.29, 1.82) is 0 Å². The Morgan fingerprint density at radius 1 is 1.56 bits per heavy atom. The molecule has 0 aliphatic carbocycles. The van der Waals surface area contributed by atoms with Crippen LogP contribution >= 0.6 is 0 Å². The maximum absolute atomic E-state index is 8.88. The lowest BCUT2D eigenvalue weighted by molar-refractivity contribution is 0.116. The molecule has 0 spiro atoms. The fourth-order valence-corrected chi connectivity index (χ4v) is 4.61. The van der Waals surface area contributed by atoms with E-state index in [0.717, 1.165) is 25.5 Å². The van der Waals surface area contributed by atoms with Crippen molar-refractivity contribution in [3.05, 3.63) is 0 Å². The highest BCUT2D eigenvalue weighted by Gasteiger charge is 2.34. The molecule has 4 nitrogen and oxygen atoms in total. The van der Waals surface area contributed by atoms with Gasteiger partial charge in [-0.15, -0.1) is 0 Å². The van der Waals surface area contributed by atoms with E-state index in [1.54, 1.807) is 0 Å². The van der Waals surface area contributed by atoms with Gasteiger partial charge in [0.1, 0.15) is 0 Å². The Labute approximate surface area is 99.1 Å². The molecule has 0 amide bonds. The zero-order valence-electron chi connectivity index (χ0n) is 10.6.